The number of rotatable bonds is 6. The SMILES string of the molecule is COC(=O)c1cc(COCC(=O)O)c(C)c(NC(=O)OC(C)(C)C)c1. The molecule has 0 aliphatic heterocycles. The minimum absolute atomic E-state index is 0.0357. The number of carboxylic acid groups (broad SMARTS) is 1. The third-order valence-corrected chi connectivity index (χ3v) is 3.06. The lowest BCUT2D eigenvalue weighted by atomic mass is 10.0. The summed E-state index contributed by atoms with van der Waals surface area (Å²) in [7, 11) is 1.24. The van der Waals surface area contributed by atoms with Crippen molar-refractivity contribution in [3.8, 4) is 0 Å². The average molecular weight is 353 g/mol. The van der Waals surface area contributed by atoms with E-state index in [9.17, 15) is 14.4 Å². The van der Waals surface area contributed by atoms with E-state index in [2.05, 4.69) is 5.32 Å². The second-order valence-corrected chi connectivity index (χ2v) is 6.31. The van der Waals surface area contributed by atoms with Gasteiger partial charge in [0.05, 0.1) is 19.3 Å². The fourth-order valence-corrected chi connectivity index (χ4v) is 1.95. The summed E-state index contributed by atoms with van der Waals surface area (Å²) in [5, 5.41) is 11.2. The summed E-state index contributed by atoms with van der Waals surface area (Å²) in [5.41, 5.74) is 1.06. The maximum atomic E-state index is 12.0. The fourth-order valence-electron chi connectivity index (χ4n) is 1.95. The highest BCUT2D eigenvalue weighted by atomic mass is 16.6. The van der Waals surface area contributed by atoms with E-state index >= 15 is 0 Å². The van der Waals surface area contributed by atoms with Gasteiger partial charge in [-0.15, -0.1) is 0 Å². The molecule has 8 nitrogen and oxygen atoms in total. The molecular formula is C17H23NO7. The molecule has 2 N–H and O–H groups in total. The molecule has 138 valence electrons. The topological polar surface area (TPSA) is 111 Å². The number of aliphatic carboxylic acids is 1. The first-order valence-corrected chi connectivity index (χ1v) is 7.55. The second kappa shape index (κ2) is 8.48. The summed E-state index contributed by atoms with van der Waals surface area (Å²) in [5.74, 6) is -1.69. The maximum absolute atomic E-state index is 12.0. The highest BCUT2D eigenvalue weighted by molar-refractivity contribution is 5.93. The zero-order chi connectivity index (χ0) is 19.2. The minimum Gasteiger partial charge on any atom is -0.480 e. The average Bonchev–Trinajstić information content (AvgIpc) is 2.47. The predicted molar refractivity (Wildman–Crippen MR) is 89.7 cm³/mol. The van der Waals surface area contributed by atoms with Gasteiger partial charge in [0.2, 0.25) is 0 Å². The van der Waals surface area contributed by atoms with Crippen molar-refractivity contribution < 1.29 is 33.7 Å². The van der Waals surface area contributed by atoms with Gasteiger partial charge in [-0.25, -0.2) is 14.4 Å². The molecule has 8 heteroatoms. The number of esters is 1. The lowest BCUT2D eigenvalue weighted by molar-refractivity contribution is -0.142. The number of carboxylic acids is 1. The van der Waals surface area contributed by atoms with Crippen LogP contribution in [-0.2, 0) is 25.6 Å². The molecule has 0 unspecified atom stereocenters. The summed E-state index contributed by atoms with van der Waals surface area (Å²) >= 11 is 0. The monoisotopic (exact) mass is 353 g/mol. The second-order valence-electron chi connectivity index (χ2n) is 6.31. The van der Waals surface area contributed by atoms with Crippen LogP contribution >= 0.6 is 0 Å². The van der Waals surface area contributed by atoms with Gasteiger partial charge in [0.25, 0.3) is 0 Å². The van der Waals surface area contributed by atoms with Gasteiger partial charge in [0.1, 0.15) is 12.2 Å². The number of methoxy groups -OCH3 is 1. The van der Waals surface area contributed by atoms with Crippen LogP contribution in [-0.4, -0.2) is 42.5 Å². The number of amides is 1. The third kappa shape index (κ3) is 6.80. The van der Waals surface area contributed by atoms with E-state index < -0.39 is 30.2 Å². The molecule has 0 saturated heterocycles. The molecule has 0 atom stereocenters. The summed E-state index contributed by atoms with van der Waals surface area (Å²) < 4.78 is 15.0. The van der Waals surface area contributed by atoms with Crippen molar-refractivity contribution >= 4 is 23.7 Å². The fraction of sp³-hybridized carbons (Fsp3) is 0.471. The largest absolute Gasteiger partial charge is 0.480 e. The summed E-state index contributed by atoms with van der Waals surface area (Å²) in [4.78, 5) is 34.4. The number of hydrogen-bond acceptors (Lipinski definition) is 6. The Bertz CT molecular complexity index is 662. The quantitative estimate of drug-likeness (QED) is 0.756. The third-order valence-electron chi connectivity index (χ3n) is 3.06. The summed E-state index contributed by atoms with van der Waals surface area (Å²) in [6, 6.07) is 3.00. The van der Waals surface area contributed by atoms with E-state index in [-0.39, 0.29) is 12.2 Å². The minimum atomic E-state index is -1.10. The van der Waals surface area contributed by atoms with Gasteiger partial charge in [-0.3, -0.25) is 5.32 Å². The number of anilines is 1. The van der Waals surface area contributed by atoms with Crippen molar-refractivity contribution in [2.24, 2.45) is 0 Å². The zero-order valence-electron chi connectivity index (χ0n) is 15.0. The lowest BCUT2D eigenvalue weighted by Crippen LogP contribution is -2.27. The molecule has 1 rings (SSSR count). The first-order valence-electron chi connectivity index (χ1n) is 7.55. The predicted octanol–water partition coefficient (Wildman–Crippen LogP) is 2.73. The smallest absolute Gasteiger partial charge is 0.412 e. The normalized spacial score (nSPS) is 10.9. The van der Waals surface area contributed by atoms with E-state index in [0.29, 0.717) is 16.8 Å². The molecule has 0 heterocycles. The van der Waals surface area contributed by atoms with E-state index in [1.165, 1.54) is 19.2 Å². The molecule has 1 amide bonds. The van der Waals surface area contributed by atoms with Crippen molar-refractivity contribution in [3.05, 3.63) is 28.8 Å². The van der Waals surface area contributed by atoms with Crippen LogP contribution in [0.5, 0.6) is 0 Å². The maximum Gasteiger partial charge on any atom is 0.412 e. The van der Waals surface area contributed by atoms with Gasteiger partial charge in [-0.2, -0.15) is 0 Å². The molecule has 0 aliphatic carbocycles. The molecule has 0 radical (unpaired) electrons. The molecule has 0 bridgehead atoms. The van der Waals surface area contributed by atoms with Crippen molar-refractivity contribution in [2.45, 2.75) is 39.9 Å². The van der Waals surface area contributed by atoms with Crippen molar-refractivity contribution in [1.29, 1.82) is 0 Å². The Hall–Kier alpha value is -2.61. The Balaban J connectivity index is 3.10. The van der Waals surface area contributed by atoms with Crippen LogP contribution in [0.3, 0.4) is 0 Å². The van der Waals surface area contributed by atoms with Gasteiger partial charge in [-0.05, 0) is 51.0 Å². The number of ether oxygens (including phenoxy) is 3. The molecule has 0 saturated carbocycles. The Morgan fingerprint density at radius 2 is 1.84 bits per heavy atom. The van der Waals surface area contributed by atoms with E-state index in [1.54, 1.807) is 27.7 Å². The summed E-state index contributed by atoms with van der Waals surface area (Å²) in [6.07, 6.45) is -0.671. The highest BCUT2D eigenvalue weighted by Gasteiger charge is 2.19. The van der Waals surface area contributed by atoms with Crippen LogP contribution < -0.4 is 5.32 Å². The Morgan fingerprint density at radius 1 is 1.20 bits per heavy atom. The zero-order valence-corrected chi connectivity index (χ0v) is 15.0. The molecular weight excluding hydrogens is 330 g/mol. The van der Waals surface area contributed by atoms with Gasteiger partial charge in [0.15, 0.2) is 0 Å². The van der Waals surface area contributed by atoms with Crippen LogP contribution in [0.1, 0.15) is 42.3 Å². The van der Waals surface area contributed by atoms with Crippen LogP contribution in [0.25, 0.3) is 0 Å². The van der Waals surface area contributed by atoms with E-state index in [0.717, 1.165) is 0 Å². The standard InChI is InChI=1S/C17H23NO7/c1-10-12(8-24-9-14(19)20)6-11(15(21)23-5)7-13(10)18-16(22)25-17(2,3)4/h6-7H,8-9H2,1-5H3,(H,18,22)(H,19,20). The lowest BCUT2D eigenvalue weighted by Gasteiger charge is -2.21. The number of nitrogens with one attached hydrogen (secondary N) is 1. The summed E-state index contributed by atoms with van der Waals surface area (Å²) in [6.45, 7) is 6.40. The van der Waals surface area contributed by atoms with Crippen LogP contribution in [0, 0.1) is 6.92 Å². The van der Waals surface area contributed by atoms with Gasteiger partial charge in [-0.1, -0.05) is 0 Å². The first-order chi connectivity index (χ1) is 11.5. The molecule has 1 aromatic rings. The number of carbonyl (C=O) groups excluding carboxylic acids is 2. The molecule has 25 heavy (non-hydrogen) atoms. The van der Waals surface area contributed by atoms with E-state index in [4.69, 9.17) is 19.3 Å². The van der Waals surface area contributed by atoms with Crippen LogP contribution in [0.4, 0.5) is 10.5 Å². The molecule has 0 aromatic heterocycles. The van der Waals surface area contributed by atoms with Gasteiger partial charge < -0.3 is 19.3 Å². The van der Waals surface area contributed by atoms with Crippen molar-refractivity contribution in [3.63, 3.8) is 0 Å². The number of hydrogen-bond donors (Lipinski definition) is 2. The molecule has 0 spiro atoms. The number of benzene rings is 1. The van der Waals surface area contributed by atoms with Crippen molar-refractivity contribution in [1.82, 2.24) is 0 Å². The Labute approximate surface area is 146 Å². The van der Waals surface area contributed by atoms with E-state index in [1.807, 2.05) is 0 Å². The van der Waals surface area contributed by atoms with Crippen LogP contribution in [0.2, 0.25) is 0 Å². The number of carbonyl (C=O) groups is 3. The molecule has 0 aliphatic rings. The molecule has 1 aromatic carbocycles. The van der Waals surface area contributed by atoms with Gasteiger partial charge >= 0.3 is 18.0 Å². The highest BCUT2D eigenvalue weighted by Crippen LogP contribution is 2.24. The Kier molecular flexibility index (Phi) is 6.93. The van der Waals surface area contributed by atoms with Crippen LogP contribution in [0.15, 0.2) is 12.1 Å². The molecule has 0 fully saturated rings. The first kappa shape index (κ1) is 20.4. The Morgan fingerprint density at radius 3 is 2.36 bits per heavy atom. The van der Waals surface area contributed by atoms with Gasteiger partial charge in [0, 0.05) is 5.69 Å². The van der Waals surface area contributed by atoms with Crippen molar-refractivity contribution in [2.75, 3.05) is 19.0 Å².